The smallest absolute Gasteiger partial charge is 0.246 e. The number of aryl methyl sites for hydroxylation is 1. The maximum atomic E-state index is 12.8. The molecule has 0 radical (unpaired) electrons. The molecule has 1 unspecified atom stereocenters. The minimum absolute atomic E-state index is 0. The molecule has 4 rings (SSSR count). The third-order valence-electron chi connectivity index (χ3n) is 5.70. The van der Waals surface area contributed by atoms with Crippen molar-refractivity contribution in [2.24, 2.45) is 4.99 Å². The van der Waals surface area contributed by atoms with Gasteiger partial charge in [-0.3, -0.25) is 9.79 Å². The Morgan fingerprint density at radius 2 is 1.93 bits per heavy atom. The lowest BCUT2D eigenvalue weighted by molar-refractivity contribution is -0.117. The van der Waals surface area contributed by atoms with Crippen LogP contribution in [0.5, 0.6) is 0 Å². The van der Waals surface area contributed by atoms with Crippen molar-refractivity contribution in [2.45, 2.75) is 19.4 Å². The summed E-state index contributed by atoms with van der Waals surface area (Å²) < 4.78 is 6.02. The van der Waals surface area contributed by atoms with E-state index >= 15 is 0 Å². The molecular weight excluding hydrogens is 491 g/mol. The Morgan fingerprint density at radius 1 is 1.17 bits per heavy atom. The van der Waals surface area contributed by atoms with Gasteiger partial charge in [0.05, 0.1) is 19.7 Å². The second-order valence-corrected chi connectivity index (χ2v) is 7.49. The van der Waals surface area contributed by atoms with Gasteiger partial charge >= 0.3 is 0 Å². The van der Waals surface area contributed by atoms with Crippen LogP contribution >= 0.6 is 24.0 Å². The van der Waals surface area contributed by atoms with E-state index in [0.717, 1.165) is 31.2 Å². The second-order valence-electron chi connectivity index (χ2n) is 7.49. The van der Waals surface area contributed by atoms with Crippen LogP contribution in [0.3, 0.4) is 0 Å². The summed E-state index contributed by atoms with van der Waals surface area (Å²) in [4.78, 5) is 21.3. The monoisotopic (exact) mass is 520 g/mol. The number of fused-ring (bicyclic) bond motifs is 1. The number of carbonyl (C=O) groups is 1. The molecule has 2 heterocycles. The highest BCUT2D eigenvalue weighted by Gasteiger charge is 2.27. The fourth-order valence-electron chi connectivity index (χ4n) is 4.16. The van der Waals surface area contributed by atoms with Crippen molar-refractivity contribution in [1.82, 2.24) is 10.2 Å². The van der Waals surface area contributed by atoms with E-state index in [4.69, 9.17) is 4.74 Å². The summed E-state index contributed by atoms with van der Waals surface area (Å²) in [7, 11) is 1.76. The number of nitrogens with zero attached hydrogens (tertiary/aromatic N) is 3. The Hall–Kier alpha value is -2.13. The van der Waals surface area contributed by atoms with E-state index in [0.29, 0.717) is 13.2 Å². The molecule has 0 spiro atoms. The zero-order valence-corrected chi connectivity index (χ0v) is 19.8. The maximum absolute atomic E-state index is 12.8. The number of amides is 1. The molecule has 1 fully saturated rings. The quantitative estimate of drug-likeness (QED) is 0.384. The van der Waals surface area contributed by atoms with Crippen molar-refractivity contribution in [3.05, 3.63) is 65.2 Å². The number of rotatable bonds is 3. The zero-order chi connectivity index (χ0) is 20.2. The van der Waals surface area contributed by atoms with Crippen LogP contribution in [0.4, 0.5) is 5.69 Å². The van der Waals surface area contributed by atoms with Gasteiger partial charge < -0.3 is 19.9 Å². The summed E-state index contributed by atoms with van der Waals surface area (Å²) in [5, 5.41) is 3.26. The molecule has 6 nitrogen and oxygen atoms in total. The molecule has 1 N–H and O–H groups in total. The average Bonchev–Trinajstić information content (AvgIpc) is 3.19. The molecule has 30 heavy (non-hydrogen) atoms. The lowest BCUT2D eigenvalue weighted by atomic mass is 10.0. The lowest BCUT2D eigenvalue weighted by Gasteiger charge is -2.35. The number of hydrogen-bond acceptors (Lipinski definition) is 3. The van der Waals surface area contributed by atoms with Crippen LogP contribution in [0, 0.1) is 6.92 Å². The lowest BCUT2D eigenvalue weighted by Crippen LogP contribution is -2.50. The van der Waals surface area contributed by atoms with Gasteiger partial charge in [-0.2, -0.15) is 0 Å². The van der Waals surface area contributed by atoms with Gasteiger partial charge in [-0.15, -0.1) is 24.0 Å². The maximum Gasteiger partial charge on any atom is 0.246 e. The molecule has 2 aliphatic heterocycles. The first-order valence-corrected chi connectivity index (χ1v) is 10.2. The van der Waals surface area contributed by atoms with Crippen LogP contribution in [-0.4, -0.2) is 56.6 Å². The molecule has 1 saturated heterocycles. The molecule has 0 bridgehead atoms. The predicted octanol–water partition coefficient (Wildman–Crippen LogP) is 3.15. The van der Waals surface area contributed by atoms with Crippen molar-refractivity contribution < 1.29 is 9.53 Å². The van der Waals surface area contributed by atoms with E-state index < -0.39 is 0 Å². The van der Waals surface area contributed by atoms with Gasteiger partial charge in [0.25, 0.3) is 0 Å². The SMILES string of the molecule is CN=C(NCC(=O)N1CCc2ccccc21)N1CCOC(c2ccccc2C)C1.I. The number of halogens is 1. The highest BCUT2D eigenvalue weighted by Crippen LogP contribution is 2.27. The standard InChI is InChI=1S/C23H28N4O2.HI/c1-17-7-3-5-9-19(17)21-16-26(13-14-29-21)23(24-2)25-15-22(28)27-12-11-18-8-4-6-10-20(18)27;/h3-10,21H,11-16H2,1-2H3,(H,24,25);1H. The molecule has 1 atom stereocenters. The molecule has 2 aliphatic rings. The fraction of sp³-hybridized carbons (Fsp3) is 0.391. The van der Waals surface area contributed by atoms with Crippen LogP contribution in [0.2, 0.25) is 0 Å². The summed E-state index contributed by atoms with van der Waals surface area (Å²) in [5.74, 6) is 0.813. The van der Waals surface area contributed by atoms with E-state index in [9.17, 15) is 4.79 Å². The van der Waals surface area contributed by atoms with Gasteiger partial charge in [0.2, 0.25) is 5.91 Å². The van der Waals surface area contributed by atoms with Crippen LogP contribution in [0.25, 0.3) is 0 Å². The number of ether oxygens (including phenoxy) is 1. The molecule has 0 aliphatic carbocycles. The van der Waals surface area contributed by atoms with Crippen molar-refractivity contribution in [2.75, 3.05) is 44.7 Å². The molecule has 1 amide bonds. The Kier molecular flexibility index (Phi) is 7.71. The highest BCUT2D eigenvalue weighted by molar-refractivity contribution is 14.0. The summed E-state index contributed by atoms with van der Waals surface area (Å²) in [6.07, 6.45) is 0.919. The zero-order valence-electron chi connectivity index (χ0n) is 17.5. The van der Waals surface area contributed by atoms with E-state index in [1.165, 1.54) is 16.7 Å². The number of morpholine rings is 1. The second kappa shape index (κ2) is 10.3. The third kappa shape index (κ3) is 4.78. The number of anilines is 1. The number of aliphatic imine (C=N–C) groups is 1. The minimum atomic E-state index is 0. The summed E-state index contributed by atoms with van der Waals surface area (Å²) in [6.45, 7) is 5.18. The molecule has 2 aromatic rings. The molecule has 7 heteroatoms. The fourth-order valence-corrected chi connectivity index (χ4v) is 4.16. The number of para-hydroxylation sites is 1. The van der Waals surface area contributed by atoms with Gasteiger partial charge in [0.1, 0.15) is 6.10 Å². The number of carbonyl (C=O) groups excluding carboxylic acids is 1. The first kappa shape index (κ1) is 22.6. The Bertz CT molecular complexity index is 918. The number of hydrogen-bond donors (Lipinski definition) is 1. The Balaban J connectivity index is 0.00000256. The van der Waals surface area contributed by atoms with E-state index in [2.05, 4.69) is 40.3 Å². The van der Waals surface area contributed by atoms with E-state index in [-0.39, 0.29) is 42.5 Å². The van der Waals surface area contributed by atoms with Gasteiger partial charge in [0.15, 0.2) is 5.96 Å². The van der Waals surface area contributed by atoms with Crippen molar-refractivity contribution in [3.63, 3.8) is 0 Å². The molecular formula is C23H29IN4O2. The summed E-state index contributed by atoms with van der Waals surface area (Å²) in [5.41, 5.74) is 4.70. The molecule has 160 valence electrons. The Morgan fingerprint density at radius 3 is 2.73 bits per heavy atom. The first-order chi connectivity index (χ1) is 14.2. The average molecular weight is 520 g/mol. The molecule has 0 saturated carbocycles. The van der Waals surface area contributed by atoms with Gasteiger partial charge in [-0.1, -0.05) is 42.5 Å². The third-order valence-corrected chi connectivity index (χ3v) is 5.70. The Labute approximate surface area is 195 Å². The van der Waals surface area contributed by atoms with Crippen molar-refractivity contribution in [1.29, 1.82) is 0 Å². The van der Waals surface area contributed by atoms with Crippen LogP contribution < -0.4 is 10.2 Å². The number of guanidine groups is 1. The predicted molar refractivity (Wildman–Crippen MR) is 131 cm³/mol. The highest BCUT2D eigenvalue weighted by atomic mass is 127. The summed E-state index contributed by atoms with van der Waals surface area (Å²) >= 11 is 0. The van der Waals surface area contributed by atoms with Gasteiger partial charge in [-0.05, 0) is 36.1 Å². The van der Waals surface area contributed by atoms with Crippen molar-refractivity contribution in [3.8, 4) is 0 Å². The van der Waals surface area contributed by atoms with E-state index in [1.807, 2.05) is 35.2 Å². The van der Waals surface area contributed by atoms with Gasteiger partial charge in [0, 0.05) is 25.8 Å². The molecule has 2 aromatic carbocycles. The minimum Gasteiger partial charge on any atom is -0.370 e. The van der Waals surface area contributed by atoms with Crippen molar-refractivity contribution >= 4 is 41.5 Å². The topological polar surface area (TPSA) is 57.2 Å². The normalized spacial score (nSPS) is 18.6. The van der Waals surface area contributed by atoms with Crippen LogP contribution in [0.1, 0.15) is 22.8 Å². The number of nitrogens with one attached hydrogen (secondary N) is 1. The van der Waals surface area contributed by atoms with Gasteiger partial charge in [-0.25, -0.2) is 0 Å². The van der Waals surface area contributed by atoms with E-state index in [1.54, 1.807) is 7.05 Å². The van der Waals surface area contributed by atoms with Crippen LogP contribution in [0.15, 0.2) is 53.5 Å². The first-order valence-electron chi connectivity index (χ1n) is 10.2. The summed E-state index contributed by atoms with van der Waals surface area (Å²) in [6, 6.07) is 16.4. The molecule has 0 aromatic heterocycles. The largest absolute Gasteiger partial charge is 0.370 e. The van der Waals surface area contributed by atoms with Crippen LogP contribution in [-0.2, 0) is 16.0 Å². The number of benzene rings is 2.